The molecule has 3 aromatic rings. The summed E-state index contributed by atoms with van der Waals surface area (Å²) in [7, 11) is 1.25. The Bertz CT molecular complexity index is 1150. The second kappa shape index (κ2) is 17.7. The number of halogens is 2. The van der Waals surface area contributed by atoms with Crippen molar-refractivity contribution in [3.8, 4) is 0 Å². The van der Waals surface area contributed by atoms with E-state index in [1.807, 2.05) is 0 Å². The summed E-state index contributed by atoms with van der Waals surface area (Å²) < 4.78 is 0. The van der Waals surface area contributed by atoms with Gasteiger partial charge in [0.25, 0.3) is 0 Å². The third-order valence-electron chi connectivity index (χ3n) is 5.93. The molecule has 0 aliphatic rings. The van der Waals surface area contributed by atoms with Gasteiger partial charge >= 0.3 is 39.3 Å². The molecule has 3 rings (SSSR count). The molecular weight excluding hydrogens is 631 g/mol. The summed E-state index contributed by atoms with van der Waals surface area (Å²) in [6, 6.07) is 19.5. The van der Waals surface area contributed by atoms with Gasteiger partial charge in [-0.3, -0.25) is 9.98 Å². The Morgan fingerprint density at radius 1 is 0.703 bits per heavy atom. The van der Waals surface area contributed by atoms with E-state index in [-0.39, 0.29) is 0 Å². The Morgan fingerprint density at radius 3 is 1.46 bits per heavy atom. The van der Waals surface area contributed by atoms with Gasteiger partial charge in [-0.2, -0.15) is 0 Å². The fourth-order valence-electron chi connectivity index (χ4n) is 4.49. The first-order chi connectivity index (χ1) is 17.7. The molecule has 0 amide bonds. The van der Waals surface area contributed by atoms with Gasteiger partial charge in [-0.05, 0) is 88.6 Å². The maximum absolute atomic E-state index is 5.24. The van der Waals surface area contributed by atoms with Gasteiger partial charge in [0.2, 0.25) is 0 Å². The molecule has 0 radical (unpaired) electrons. The van der Waals surface area contributed by atoms with Crippen LogP contribution in [0.15, 0.2) is 77.7 Å². The van der Waals surface area contributed by atoms with Crippen LogP contribution in [0.2, 0.25) is 0 Å². The van der Waals surface area contributed by atoms with Crippen molar-refractivity contribution in [1.82, 2.24) is 0 Å². The minimum atomic E-state index is 0.852. The van der Waals surface area contributed by atoms with Crippen molar-refractivity contribution in [3.63, 3.8) is 0 Å². The van der Waals surface area contributed by atoms with Crippen molar-refractivity contribution in [2.45, 2.75) is 67.7 Å². The van der Waals surface area contributed by atoms with E-state index in [9.17, 15) is 0 Å². The van der Waals surface area contributed by atoms with Gasteiger partial charge in [0, 0.05) is 0 Å². The summed E-state index contributed by atoms with van der Waals surface area (Å²) in [5.74, 6) is 0. The molecule has 0 fully saturated rings. The summed E-state index contributed by atoms with van der Waals surface area (Å²) in [6.45, 7) is 21.1. The molecule has 0 saturated carbocycles. The van der Waals surface area contributed by atoms with E-state index in [0.29, 0.717) is 0 Å². The third kappa shape index (κ3) is 10.8. The Labute approximate surface area is 245 Å². The van der Waals surface area contributed by atoms with Gasteiger partial charge in [-0.15, -0.1) is 13.2 Å². The number of aryl methyl sites for hydroxylation is 7. The normalized spacial score (nSPS) is 11.4. The predicted octanol–water partition coefficient (Wildman–Crippen LogP) is 10.9. The zero-order valence-corrected chi connectivity index (χ0v) is 27.4. The SMILES string of the molecule is C=C.CCC(=Nc1c(C)cc(C)cc1C)C(CCc1ccccc1)=Nc1c(C)cc(C)cc1C.[Br][Ni][Br]. The zero-order valence-electron chi connectivity index (χ0n) is 23.2. The van der Waals surface area contributed by atoms with E-state index < -0.39 is 0 Å². The molecule has 0 heterocycles. The molecule has 0 aromatic heterocycles. The van der Waals surface area contributed by atoms with Gasteiger partial charge in [0.15, 0.2) is 0 Å². The van der Waals surface area contributed by atoms with Crippen molar-refractivity contribution in [2.75, 3.05) is 0 Å². The van der Waals surface area contributed by atoms with Crippen LogP contribution in [0.4, 0.5) is 11.4 Å². The molecule has 2 nitrogen and oxygen atoms in total. The van der Waals surface area contributed by atoms with Crippen molar-refractivity contribution >= 4 is 51.2 Å². The molecule has 0 spiro atoms. The summed E-state index contributed by atoms with van der Waals surface area (Å²) in [5, 5.41) is 0. The van der Waals surface area contributed by atoms with Gasteiger partial charge < -0.3 is 0 Å². The molecule has 37 heavy (non-hydrogen) atoms. The first kappa shape index (κ1) is 33.2. The molecule has 0 atom stereocenters. The van der Waals surface area contributed by atoms with Crippen molar-refractivity contribution in [1.29, 1.82) is 0 Å². The molecule has 0 bridgehead atoms. The van der Waals surface area contributed by atoms with Crippen LogP contribution in [-0.2, 0) is 17.3 Å². The standard InChI is InChI=1S/C30H36N2.C2H4.2BrH.Ni/c1-8-27(31-29-22(4)16-20(2)17-23(29)5)28(15-14-26-12-10-9-11-13-26)32-30-24(6)18-21(3)19-25(30)7;1-2;;;/h9-13,16-19H,8,14-15H2,1-7H3;1-2H2;2*1H;/q;;;;+2/p-2. The first-order valence-corrected chi connectivity index (χ1v) is 17.3. The van der Waals surface area contributed by atoms with E-state index in [1.54, 1.807) is 0 Å². The van der Waals surface area contributed by atoms with E-state index in [0.717, 1.165) is 42.1 Å². The number of aliphatic imine (C=N–C) groups is 2. The molecular formula is C32H40Br2N2Ni. The van der Waals surface area contributed by atoms with Crippen LogP contribution in [-0.4, -0.2) is 11.4 Å². The number of hydrogen-bond acceptors (Lipinski definition) is 2. The Hall–Kier alpha value is -1.81. The van der Waals surface area contributed by atoms with Crippen LogP contribution < -0.4 is 0 Å². The van der Waals surface area contributed by atoms with E-state index >= 15 is 0 Å². The number of benzene rings is 3. The van der Waals surface area contributed by atoms with Gasteiger partial charge in [-0.25, -0.2) is 0 Å². The quantitative estimate of drug-likeness (QED) is 0.136. The van der Waals surface area contributed by atoms with E-state index in [1.165, 1.54) is 49.8 Å². The van der Waals surface area contributed by atoms with Gasteiger partial charge in [0.1, 0.15) is 0 Å². The summed E-state index contributed by atoms with van der Waals surface area (Å²) in [6.07, 6.45) is 2.67. The first-order valence-electron chi connectivity index (χ1n) is 12.4. The average molecular weight is 671 g/mol. The average Bonchev–Trinajstić information content (AvgIpc) is 2.85. The summed E-state index contributed by atoms with van der Waals surface area (Å²) in [4.78, 5) is 10.4. The second-order valence-corrected chi connectivity index (χ2v) is 14.0. The molecule has 0 aliphatic heterocycles. The maximum atomic E-state index is 5.24. The Morgan fingerprint density at radius 2 is 1.08 bits per heavy atom. The topological polar surface area (TPSA) is 24.7 Å². The molecule has 0 N–H and O–H groups in total. The van der Waals surface area contributed by atoms with Crippen LogP contribution >= 0.6 is 28.5 Å². The molecule has 202 valence electrons. The van der Waals surface area contributed by atoms with Crippen LogP contribution in [0.1, 0.15) is 58.7 Å². The fraction of sp³-hybridized carbons (Fsp3) is 0.312. The number of hydrogen-bond donors (Lipinski definition) is 0. The Balaban J connectivity index is 0.00000127. The van der Waals surface area contributed by atoms with Crippen LogP contribution in [0.25, 0.3) is 0 Å². The fourth-order valence-corrected chi connectivity index (χ4v) is 4.49. The third-order valence-corrected chi connectivity index (χ3v) is 5.93. The number of nitrogens with zero attached hydrogens (tertiary/aromatic N) is 2. The van der Waals surface area contributed by atoms with Crippen LogP contribution in [0.3, 0.4) is 0 Å². The number of rotatable bonds is 7. The van der Waals surface area contributed by atoms with E-state index in [2.05, 4.69) is 145 Å². The van der Waals surface area contributed by atoms with Crippen molar-refractivity contribution < 1.29 is 10.9 Å². The zero-order chi connectivity index (χ0) is 28.0. The minimum absolute atomic E-state index is 0.852. The predicted molar refractivity (Wildman–Crippen MR) is 170 cm³/mol. The molecule has 0 aliphatic carbocycles. The molecule has 0 saturated heterocycles. The molecule has 0 unspecified atom stereocenters. The molecule has 5 heteroatoms. The van der Waals surface area contributed by atoms with Gasteiger partial charge in [-0.1, -0.05) is 72.6 Å². The second-order valence-electron chi connectivity index (χ2n) is 9.00. The van der Waals surface area contributed by atoms with E-state index in [4.69, 9.17) is 9.98 Å². The molecule has 3 aromatic carbocycles. The van der Waals surface area contributed by atoms with Crippen LogP contribution in [0, 0.1) is 41.5 Å². The summed E-state index contributed by atoms with van der Waals surface area (Å²) >= 11 is 6.00. The van der Waals surface area contributed by atoms with Gasteiger partial charge in [0.05, 0.1) is 22.8 Å². The van der Waals surface area contributed by atoms with Crippen molar-refractivity contribution in [2.24, 2.45) is 9.98 Å². The van der Waals surface area contributed by atoms with Crippen LogP contribution in [0.5, 0.6) is 0 Å². The Kier molecular flexibility index (Phi) is 15.9. The summed E-state index contributed by atoms with van der Waals surface area (Å²) in [5.41, 5.74) is 13.1. The monoisotopic (exact) mass is 668 g/mol. The van der Waals surface area contributed by atoms with Crippen molar-refractivity contribution in [3.05, 3.63) is 107 Å².